The summed E-state index contributed by atoms with van der Waals surface area (Å²) in [7, 11) is 0. The molecular formula is C13H9FN2O5. The first-order chi connectivity index (χ1) is 9.90. The van der Waals surface area contributed by atoms with Crippen LogP contribution in [-0.2, 0) is 0 Å². The summed E-state index contributed by atoms with van der Waals surface area (Å²) in [4.78, 5) is 24.6. The first kappa shape index (κ1) is 14.4. The minimum absolute atomic E-state index is 0.0668. The minimum Gasteiger partial charge on any atom is -0.478 e. The molecule has 2 aromatic rings. The van der Waals surface area contributed by atoms with E-state index in [9.17, 15) is 19.3 Å². The average Bonchev–Trinajstić information content (AvgIpc) is 2.42. The lowest BCUT2D eigenvalue weighted by Crippen LogP contribution is -2.02. The van der Waals surface area contributed by atoms with Crippen molar-refractivity contribution in [1.29, 1.82) is 0 Å². The number of hydrogen-bond donors (Lipinski definition) is 1. The number of ether oxygens (including phenoxy) is 1. The highest BCUT2D eigenvalue weighted by Crippen LogP contribution is 2.34. The standard InChI is InChI=1S/C13H9FN2O5/c1-7-5-8(13(17)18)6-15-12(7)21-11-9(14)3-2-4-10(11)16(19)20/h2-6H,1H3,(H,17,18). The summed E-state index contributed by atoms with van der Waals surface area (Å²) in [6.07, 6.45) is 1.03. The Balaban J connectivity index is 2.44. The number of rotatable bonds is 4. The highest BCUT2D eigenvalue weighted by atomic mass is 19.1. The number of carboxylic acid groups (broad SMARTS) is 1. The van der Waals surface area contributed by atoms with Crippen molar-refractivity contribution in [2.24, 2.45) is 0 Å². The Bertz CT molecular complexity index is 732. The lowest BCUT2D eigenvalue weighted by Gasteiger charge is -2.09. The molecule has 0 saturated carbocycles. The van der Waals surface area contributed by atoms with Crippen LogP contribution in [0.25, 0.3) is 0 Å². The third-order valence-corrected chi connectivity index (χ3v) is 2.62. The van der Waals surface area contributed by atoms with Gasteiger partial charge in [0.25, 0.3) is 0 Å². The molecule has 0 radical (unpaired) electrons. The second-order valence-electron chi connectivity index (χ2n) is 4.10. The number of hydrogen-bond acceptors (Lipinski definition) is 5. The summed E-state index contributed by atoms with van der Waals surface area (Å²) in [5.74, 6) is -2.75. The second kappa shape index (κ2) is 5.53. The summed E-state index contributed by atoms with van der Waals surface area (Å²) < 4.78 is 18.8. The average molecular weight is 292 g/mol. The fourth-order valence-electron chi connectivity index (χ4n) is 1.62. The molecule has 1 aromatic heterocycles. The summed E-state index contributed by atoms with van der Waals surface area (Å²) >= 11 is 0. The zero-order valence-corrected chi connectivity index (χ0v) is 10.7. The van der Waals surface area contributed by atoms with Crippen molar-refractivity contribution < 1.29 is 24.0 Å². The molecule has 0 unspecified atom stereocenters. The molecule has 0 aliphatic carbocycles. The Morgan fingerprint density at radius 1 is 1.48 bits per heavy atom. The first-order valence-corrected chi connectivity index (χ1v) is 5.71. The van der Waals surface area contributed by atoms with E-state index in [4.69, 9.17) is 9.84 Å². The Hall–Kier alpha value is -3.03. The second-order valence-corrected chi connectivity index (χ2v) is 4.10. The van der Waals surface area contributed by atoms with Gasteiger partial charge in [0.05, 0.1) is 10.5 Å². The minimum atomic E-state index is -1.17. The van der Waals surface area contributed by atoms with Crippen LogP contribution in [0.4, 0.5) is 10.1 Å². The van der Waals surface area contributed by atoms with Gasteiger partial charge in [-0.25, -0.2) is 14.2 Å². The molecular weight excluding hydrogens is 283 g/mol. The van der Waals surface area contributed by atoms with E-state index in [1.807, 2.05) is 0 Å². The van der Waals surface area contributed by atoms with Crippen LogP contribution < -0.4 is 4.74 Å². The Labute approximate surface area is 117 Å². The molecule has 1 heterocycles. The number of aromatic nitrogens is 1. The van der Waals surface area contributed by atoms with Crippen LogP contribution in [0.3, 0.4) is 0 Å². The van der Waals surface area contributed by atoms with Gasteiger partial charge in [-0.15, -0.1) is 0 Å². The van der Waals surface area contributed by atoms with Gasteiger partial charge in [-0.3, -0.25) is 10.1 Å². The van der Waals surface area contributed by atoms with Gasteiger partial charge in [0.15, 0.2) is 5.82 Å². The third kappa shape index (κ3) is 2.94. The van der Waals surface area contributed by atoms with Crippen LogP contribution in [-0.4, -0.2) is 21.0 Å². The molecule has 0 saturated heterocycles. The summed E-state index contributed by atoms with van der Waals surface area (Å²) in [5.41, 5.74) is -0.297. The van der Waals surface area contributed by atoms with Crippen LogP contribution in [0.5, 0.6) is 11.6 Å². The van der Waals surface area contributed by atoms with Crippen LogP contribution in [0.15, 0.2) is 30.5 Å². The zero-order chi connectivity index (χ0) is 15.6. The Morgan fingerprint density at radius 3 is 2.76 bits per heavy atom. The van der Waals surface area contributed by atoms with Crippen LogP contribution >= 0.6 is 0 Å². The quantitative estimate of drug-likeness (QED) is 0.686. The number of nitro groups is 1. The number of aromatic carboxylic acids is 1. The van der Waals surface area contributed by atoms with Crippen LogP contribution in [0.2, 0.25) is 0 Å². The fraction of sp³-hybridized carbons (Fsp3) is 0.0769. The van der Waals surface area contributed by atoms with Gasteiger partial charge in [-0.2, -0.15) is 0 Å². The van der Waals surface area contributed by atoms with Crippen LogP contribution in [0, 0.1) is 22.9 Å². The van der Waals surface area contributed by atoms with E-state index >= 15 is 0 Å². The Kier molecular flexibility index (Phi) is 3.79. The molecule has 8 heteroatoms. The van der Waals surface area contributed by atoms with Gasteiger partial charge < -0.3 is 9.84 Å². The van der Waals surface area contributed by atoms with E-state index in [0.29, 0.717) is 5.56 Å². The third-order valence-electron chi connectivity index (χ3n) is 2.62. The van der Waals surface area contributed by atoms with Crippen molar-refractivity contribution in [1.82, 2.24) is 4.98 Å². The van der Waals surface area contributed by atoms with Crippen molar-refractivity contribution in [2.45, 2.75) is 6.92 Å². The number of halogens is 1. The number of aryl methyl sites for hydroxylation is 1. The van der Waals surface area contributed by atoms with Crippen molar-refractivity contribution >= 4 is 11.7 Å². The van der Waals surface area contributed by atoms with Gasteiger partial charge in [-0.1, -0.05) is 6.07 Å². The molecule has 0 atom stereocenters. The predicted molar refractivity (Wildman–Crippen MR) is 69.1 cm³/mol. The number of nitro benzene ring substituents is 1. The number of benzene rings is 1. The Morgan fingerprint density at radius 2 is 2.19 bits per heavy atom. The molecule has 1 aromatic carbocycles. The topological polar surface area (TPSA) is 103 Å². The number of para-hydroxylation sites is 1. The molecule has 0 fully saturated rings. The molecule has 0 spiro atoms. The molecule has 7 nitrogen and oxygen atoms in total. The highest BCUT2D eigenvalue weighted by molar-refractivity contribution is 5.87. The molecule has 0 amide bonds. The lowest BCUT2D eigenvalue weighted by atomic mass is 10.2. The van der Waals surface area contributed by atoms with E-state index < -0.39 is 28.1 Å². The molecule has 21 heavy (non-hydrogen) atoms. The number of pyridine rings is 1. The SMILES string of the molecule is Cc1cc(C(=O)O)cnc1Oc1c(F)cccc1[N+](=O)[O-]. The number of nitrogens with zero attached hydrogens (tertiary/aromatic N) is 2. The van der Waals surface area contributed by atoms with Gasteiger partial charge >= 0.3 is 11.7 Å². The van der Waals surface area contributed by atoms with E-state index in [-0.39, 0.29) is 11.4 Å². The number of carboxylic acids is 1. The molecule has 0 aliphatic rings. The zero-order valence-electron chi connectivity index (χ0n) is 10.7. The van der Waals surface area contributed by atoms with E-state index in [0.717, 1.165) is 18.3 Å². The molecule has 0 bridgehead atoms. The summed E-state index contributed by atoms with van der Waals surface area (Å²) in [6.45, 7) is 1.50. The maximum atomic E-state index is 13.7. The van der Waals surface area contributed by atoms with E-state index in [1.54, 1.807) is 0 Å². The van der Waals surface area contributed by atoms with Crippen molar-refractivity contribution in [3.63, 3.8) is 0 Å². The van der Waals surface area contributed by atoms with Gasteiger partial charge in [-0.05, 0) is 19.1 Å². The van der Waals surface area contributed by atoms with Gasteiger partial charge in [0.2, 0.25) is 11.6 Å². The first-order valence-electron chi connectivity index (χ1n) is 5.71. The van der Waals surface area contributed by atoms with Gasteiger partial charge in [0.1, 0.15) is 0 Å². The van der Waals surface area contributed by atoms with Crippen molar-refractivity contribution in [2.75, 3.05) is 0 Å². The predicted octanol–water partition coefficient (Wildman–Crippen LogP) is 2.93. The molecule has 2 rings (SSSR count). The molecule has 0 aliphatic heterocycles. The van der Waals surface area contributed by atoms with Crippen molar-refractivity contribution in [3.05, 3.63) is 57.5 Å². The molecule has 108 valence electrons. The van der Waals surface area contributed by atoms with E-state index in [1.165, 1.54) is 19.1 Å². The summed E-state index contributed by atoms with van der Waals surface area (Å²) in [6, 6.07) is 4.58. The monoisotopic (exact) mass is 292 g/mol. The smallest absolute Gasteiger partial charge is 0.337 e. The number of carbonyl (C=O) groups is 1. The van der Waals surface area contributed by atoms with Crippen LogP contribution in [0.1, 0.15) is 15.9 Å². The molecule has 1 N–H and O–H groups in total. The fourth-order valence-corrected chi connectivity index (χ4v) is 1.62. The summed E-state index contributed by atoms with van der Waals surface area (Å²) in [5, 5.41) is 19.7. The lowest BCUT2D eigenvalue weighted by molar-refractivity contribution is -0.385. The van der Waals surface area contributed by atoms with Gasteiger partial charge in [0, 0.05) is 17.8 Å². The maximum Gasteiger partial charge on any atom is 0.337 e. The largest absolute Gasteiger partial charge is 0.478 e. The maximum absolute atomic E-state index is 13.7. The normalized spacial score (nSPS) is 10.2. The van der Waals surface area contributed by atoms with E-state index in [2.05, 4.69) is 4.98 Å². The van der Waals surface area contributed by atoms with Crippen molar-refractivity contribution in [3.8, 4) is 11.6 Å². The highest BCUT2D eigenvalue weighted by Gasteiger charge is 2.21.